The Morgan fingerprint density at radius 2 is 2.08 bits per heavy atom. The summed E-state index contributed by atoms with van der Waals surface area (Å²) in [4.78, 5) is 32.0. The van der Waals surface area contributed by atoms with E-state index in [4.69, 9.17) is 0 Å². The van der Waals surface area contributed by atoms with Gasteiger partial charge in [0, 0.05) is 10.9 Å². The number of thiophene rings is 1. The quantitative estimate of drug-likeness (QED) is 0.894. The molecule has 4 atom stereocenters. The van der Waals surface area contributed by atoms with Crippen molar-refractivity contribution in [1.29, 1.82) is 0 Å². The van der Waals surface area contributed by atoms with Gasteiger partial charge in [0.05, 0.1) is 5.39 Å². The number of aryl methyl sites for hydroxylation is 3. The lowest BCUT2D eigenvalue weighted by Crippen LogP contribution is -2.43. The Morgan fingerprint density at radius 1 is 1.31 bits per heavy atom. The molecule has 140 valence electrons. The summed E-state index contributed by atoms with van der Waals surface area (Å²) in [6.45, 7) is 7.93. The minimum absolute atomic E-state index is 0.0487. The van der Waals surface area contributed by atoms with Crippen LogP contribution in [0.5, 0.6) is 0 Å². The first-order valence-electron chi connectivity index (χ1n) is 9.61. The van der Waals surface area contributed by atoms with Crippen LogP contribution in [-0.2, 0) is 11.3 Å². The molecule has 26 heavy (non-hydrogen) atoms. The van der Waals surface area contributed by atoms with E-state index in [-0.39, 0.29) is 24.1 Å². The van der Waals surface area contributed by atoms with Crippen molar-refractivity contribution in [3.63, 3.8) is 0 Å². The summed E-state index contributed by atoms with van der Waals surface area (Å²) in [6, 6.07) is 0.177. The molecule has 2 aliphatic rings. The Morgan fingerprint density at radius 3 is 2.73 bits per heavy atom. The highest BCUT2D eigenvalue weighted by Crippen LogP contribution is 2.49. The molecule has 6 heteroatoms. The van der Waals surface area contributed by atoms with E-state index >= 15 is 0 Å². The SMILES string of the molecule is Cc1sc2nc(C)n(CC(=O)N[C@H](C)[C@@H]3C[C@H]4CC[C@H]3C4)c(=O)c2c1C. The molecule has 1 N–H and O–H groups in total. The van der Waals surface area contributed by atoms with Gasteiger partial charge in [-0.1, -0.05) is 6.42 Å². The lowest BCUT2D eigenvalue weighted by atomic mass is 9.84. The number of nitrogens with one attached hydrogen (secondary N) is 1. The van der Waals surface area contributed by atoms with E-state index in [0.717, 1.165) is 27.1 Å². The fourth-order valence-electron chi connectivity index (χ4n) is 5.07. The van der Waals surface area contributed by atoms with Gasteiger partial charge in [0.25, 0.3) is 5.56 Å². The maximum Gasteiger partial charge on any atom is 0.263 e. The van der Waals surface area contributed by atoms with Crippen LogP contribution in [0, 0.1) is 38.5 Å². The summed E-state index contributed by atoms with van der Waals surface area (Å²) in [5.41, 5.74) is 0.879. The molecule has 0 aliphatic heterocycles. The third-order valence-electron chi connectivity index (χ3n) is 6.61. The molecule has 2 heterocycles. The summed E-state index contributed by atoms with van der Waals surface area (Å²) < 4.78 is 1.52. The number of rotatable bonds is 4. The second kappa shape index (κ2) is 6.48. The van der Waals surface area contributed by atoms with Crippen molar-refractivity contribution in [2.75, 3.05) is 0 Å². The Hall–Kier alpha value is -1.69. The van der Waals surface area contributed by atoms with Crippen molar-refractivity contribution >= 4 is 27.5 Å². The van der Waals surface area contributed by atoms with Crippen molar-refractivity contribution in [2.24, 2.45) is 17.8 Å². The van der Waals surface area contributed by atoms with Gasteiger partial charge in [0.2, 0.25) is 5.91 Å². The monoisotopic (exact) mass is 373 g/mol. The normalized spacial score (nSPS) is 25.8. The van der Waals surface area contributed by atoms with Gasteiger partial charge >= 0.3 is 0 Å². The first-order valence-corrected chi connectivity index (χ1v) is 10.4. The molecule has 0 unspecified atom stereocenters. The molecule has 4 rings (SSSR count). The van der Waals surface area contributed by atoms with Crippen LogP contribution in [0.1, 0.15) is 48.9 Å². The predicted molar refractivity (Wildman–Crippen MR) is 105 cm³/mol. The summed E-state index contributed by atoms with van der Waals surface area (Å²) in [6.07, 6.45) is 5.25. The molecule has 0 radical (unpaired) electrons. The second-order valence-corrected chi connectivity index (χ2v) is 9.41. The number of carbonyl (C=O) groups excluding carboxylic acids is 1. The maximum absolute atomic E-state index is 12.9. The third-order valence-corrected chi connectivity index (χ3v) is 7.71. The second-order valence-electron chi connectivity index (χ2n) is 8.21. The lowest BCUT2D eigenvalue weighted by Gasteiger charge is -2.28. The number of amides is 1. The summed E-state index contributed by atoms with van der Waals surface area (Å²) in [7, 11) is 0. The van der Waals surface area contributed by atoms with E-state index < -0.39 is 0 Å². The average Bonchev–Trinajstić information content (AvgIpc) is 3.27. The van der Waals surface area contributed by atoms with E-state index in [1.807, 2.05) is 13.8 Å². The maximum atomic E-state index is 12.9. The van der Waals surface area contributed by atoms with Gasteiger partial charge in [-0.05, 0) is 70.3 Å². The van der Waals surface area contributed by atoms with Gasteiger partial charge < -0.3 is 5.32 Å². The van der Waals surface area contributed by atoms with Crippen LogP contribution in [0.15, 0.2) is 4.79 Å². The number of carbonyl (C=O) groups is 1. The highest BCUT2D eigenvalue weighted by molar-refractivity contribution is 7.18. The van der Waals surface area contributed by atoms with Gasteiger partial charge in [0.15, 0.2) is 0 Å². The Balaban J connectivity index is 1.52. The Bertz CT molecular complexity index is 929. The molecule has 1 amide bonds. The van der Waals surface area contributed by atoms with Crippen LogP contribution in [0.3, 0.4) is 0 Å². The van der Waals surface area contributed by atoms with Crippen molar-refractivity contribution in [1.82, 2.24) is 14.9 Å². The summed E-state index contributed by atoms with van der Waals surface area (Å²) in [5, 5.41) is 3.81. The molecule has 2 aliphatic carbocycles. The number of nitrogens with zero attached hydrogens (tertiary/aromatic N) is 2. The van der Waals surface area contributed by atoms with E-state index in [1.54, 1.807) is 18.3 Å². The number of fused-ring (bicyclic) bond motifs is 3. The first-order chi connectivity index (χ1) is 12.3. The zero-order valence-corrected chi connectivity index (χ0v) is 16.8. The number of aromatic nitrogens is 2. The molecule has 2 saturated carbocycles. The lowest BCUT2D eigenvalue weighted by molar-refractivity contribution is -0.122. The topological polar surface area (TPSA) is 64.0 Å². The van der Waals surface area contributed by atoms with Gasteiger partial charge in [-0.25, -0.2) is 4.98 Å². The summed E-state index contributed by atoms with van der Waals surface area (Å²) >= 11 is 1.54. The molecular weight excluding hydrogens is 346 g/mol. The molecule has 2 aromatic heterocycles. The van der Waals surface area contributed by atoms with Crippen LogP contribution >= 0.6 is 11.3 Å². The van der Waals surface area contributed by atoms with Gasteiger partial charge in [-0.15, -0.1) is 11.3 Å². The van der Waals surface area contributed by atoms with Gasteiger partial charge in [0.1, 0.15) is 17.2 Å². The van der Waals surface area contributed by atoms with Crippen LogP contribution in [0.25, 0.3) is 10.2 Å². The number of hydrogen-bond donors (Lipinski definition) is 1. The minimum atomic E-state index is -0.0999. The standard InChI is InChI=1S/C20H27N3O2S/c1-10-12(3)26-19-18(10)20(25)23(13(4)22-19)9-17(24)21-11(2)16-8-14-5-6-15(16)7-14/h11,14-16H,5-9H2,1-4H3,(H,21,24)/t11-,14+,15+,16+/m1/s1. The van der Waals surface area contributed by atoms with Crippen LogP contribution < -0.4 is 10.9 Å². The molecule has 5 nitrogen and oxygen atoms in total. The zero-order chi connectivity index (χ0) is 18.6. The number of hydrogen-bond acceptors (Lipinski definition) is 4. The van der Waals surface area contributed by atoms with Crippen LogP contribution in [-0.4, -0.2) is 21.5 Å². The van der Waals surface area contributed by atoms with E-state index in [2.05, 4.69) is 17.2 Å². The van der Waals surface area contributed by atoms with Crippen LogP contribution in [0.4, 0.5) is 0 Å². The molecule has 0 spiro atoms. The van der Waals surface area contributed by atoms with Crippen LogP contribution in [0.2, 0.25) is 0 Å². The Kier molecular flexibility index (Phi) is 4.41. The molecular formula is C20H27N3O2S. The molecule has 2 aromatic rings. The van der Waals surface area contributed by atoms with E-state index in [0.29, 0.717) is 17.1 Å². The highest BCUT2D eigenvalue weighted by Gasteiger charge is 2.42. The van der Waals surface area contributed by atoms with E-state index in [1.165, 1.54) is 30.3 Å². The largest absolute Gasteiger partial charge is 0.352 e. The minimum Gasteiger partial charge on any atom is -0.352 e. The average molecular weight is 374 g/mol. The van der Waals surface area contributed by atoms with Crippen molar-refractivity contribution in [3.8, 4) is 0 Å². The summed E-state index contributed by atoms with van der Waals surface area (Å²) in [5.74, 6) is 2.75. The van der Waals surface area contributed by atoms with E-state index in [9.17, 15) is 9.59 Å². The molecule has 0 aromatic carbocycles. The van der Waals surface area contributed by atoms with Crippen molar-refractivity contribution in [3.05, 3.63) is 26.6 Å². The van der Waals surface area contributed by atoms with Crippen molar-refractivity contribution < 1.29 is 4.79 Å². The smallest absolute Gasteiger partial charge is 0.263 e. The Labute approximate surface area is 157 Å². The molecule has 2 bridgehead atoms. The predicted octanol–water partition coefficient (Wildman–Crippen LogP) is 3.32. The molecule has 0 saturated heterocycles. The molecule has 2 fully saturated rings. The fraction of sp³-hybridized carbons (Fsp3) is 0.650. The van der Waals surface area contributed by atoms with Gasteiger partial charge in [-0.2, -0.15) is 0 Å². The van der Waals surface area contributed by atoms with Gasteiger partial charge in [-0.3, -0.25) is 14.2 Å². The zero-order valence-electron chi connectivity index (χ0n) is 16.0. The van der Waals surface area contributed by atoms with Crippen molar-refractivity contribution in [2.45, 2.75) is 66.0 Å². The fourth-order valence-corrected chi connectivity index (χ4v) is 6.14. The first kappa shape index (κ1) is 17.7. The highest BCUT2D eigenvalue weighted by atomic mass is 32.1. The third kappa shape index (κ3) is 2.88.